The van der Waals surface area contributed by atoms with E-state index in [1.54, 1.807) is 24.3 Å². The van der Waals surface area contributed by atoms with Gasteiger partial charge < -0.3 is 5.32 Å². The van der Waals surface area contributed by atoms with Crippen LogP contribution in [0, 0.1) is 0 Å². The number of carbonyl (C=O) groups excluding carboxylic acids is 1. The van der Waals surface area contributed by atoms with Crippen molar-refractivity contribution < 1.29 is 4.79 Å². The lowest BCUT2D eigenvalue weighted by Gasteiger charge is -2.29. The SMILES string of the molecule is O=C(CCn1[nH]c(=O)c2ccccc2c1=O)NC1CCC(c2ccccc2)CC1. The summed E-state index contributed by atoms with van der Waals surface area (Å²) in [5.74, 6) is 0.472. The first-order valence-electron chi connectivity index (χ1n) is 10.2. The number of benzene rings is 2. The average Bonchev–Trinajstić information content (AvgIpc) is 2.76. The Hall–Kier alpha value is -3.15. The first kappa shape index (κ1) is 19.2. The predicted molar refractivity (Wildman–Crippen MR) is 113 cm³/mol. The first-order chi connectivity index (χ1) is 14.1. The van der Waals surface area contributed by atoms with Gasteiger partial charge in [-0.15, -0.1) is 0 Å². The molecule has 1 aliphatic rings. The second-order valence-corrected chi connectivity index (χ2v) is 7.72. The summed E-state index contributed by atoms with van der Waals surface area (Å²) in [6, 6.07) is 17.4. The number of hydrogen-bond acceptors (Lipinski definition) is 3. The van der Waals surface area contributed by atoms with E-state index < -0.39 is 0 Å². The summed E-state index contributed by atoms with van der Waals surface area (Å²) in [6.07, 6.45) is 4.20. The Kier molecular flexibility index (Phi) is 5.60. The molecule has 0 spiro atoms. The first-order valence-corrected chi connectivity index (χ1v) is 10.2. The molecule has 0 saturated heterocycles. The standard InChI is InChI=1S/C23H25N3O3/c27-21(24-18-12-10-17(11-13-18)16-6-2-1-3-7-16)14-15-26-23(29)20-9-5-4-8-19(20)22(28)25-26/h1-9,17-18H,10-15H2,(H,24,27)(H,25,28). The minimum Gasteiger partial charge on any atom is -0.353 e. The van der Waals surface area contributed by atoms with Crippen molar-refractivity contribution in [1.29, 1.82) is 0 Å². The van der Waals surface area contributed by atoms with Crippen molar-refractivity contribution in [3.05, 3.63) is 80.9 Å². The molecule has 2 N–H and O–H groups in total. The normalized spacial score (nSPS) is 19.2. The number of hydrogen-bond donors (Lipinski definition) is 2. The van der Waals surface area contributed by atoms with Crippen molar-refractivity contribution >= 4 is 16.7 Å². The van der Waals surface area contributed by atoms with Gasteiger partial charge in [0.2, 0.25) is 5.91 Å². The van der Waals surface area contributed by atoms with Crippen molar-refractivity contribution in [2.75, 3.05) is 0 Å². The number of nitrogens with one attached hydrogen (secondary N) is 2. The molecule has 0 bridgehead atoms. The quantitative estimate of drug-likeness (QED) is 0.701. The van der Waals surface area contributed by atoms with E-state index in [0.717, 1.165) is 25.7 Å². The Morgan fingerprint density at radius 2 is 1.59 bits per heavy atom. The van der Waals surface area contributed by atoms with Gasteiger partial charge in [-0.3, -0.25) is 19.5 Å². The number of nitrogens with zero attached hydrogens (tertiary/aromatic N) is 1. The molecule has 3 aromatic rings. The molecule has 1 heterocycles. The van der Waals surface area contributed by atoms with E-state index in [1.165, 1.54) is 10.2 Å². The maximum absolute atomic E-state index is 12.5. The molecule has 0 aliphatic heterocycles. The molecule has 0 radical (unpaired) electrons. The molecule has 2 aromatic carbocycles. The highest BCUT2D eigenvalue weighted by atomic mass is 16.2. The molecule has 150 valence electrons. The van der Waals surface area contributed by atoms with Crippen LogP contribution in [0.15, 0.2) is 64.2 Å². The van der Waals surface area contributed by atoms with Gasteiger partial charge >= 0.3 is 0 Å². The predicted octanol–water partition coefficient (Wildman–Crippen LogP) is 2.92. The summed E-state index contributed by atoms with van der Waals surface area (Å²) < 4.78 is 1.23. The monoisotopic (exact) mass is 391 g/mol. The summed E-state index contributed by atoms with van der Waals surface area (Å²) >= 11 is 0. The number of fused-ring (bicyclic) bond motifs is 1. The molecule has 6 nitrogen and oxygen atoms in total. The van der Waals surface area contributed by atoms with Crippen LogP contribution in [0.2, 0.25) is 0 Å². The minimum absolute atomic E-state index is 0.0888. The highest BCUT2D eigenvalue weighted by Gasteiger charge is 2.23. The fourth-order valence-corrected chi connectivity index (χ4v) is 4.21. The lowest BCUT2D eigenvalue weighted by atomic mass is 9.82. The molecular weight excluding hydrogens is 366 g/mol. The smallest absolute Gasteiger partial charge is 0.273 e. The third-order valence-corrected chi connectivity index (χ3v) is 5.81. The number of carbonyl (C=O) groups is 1. The molecule has 1 amide bonds. The summed E-state index contributed by atoms with van der Waals surface area (Å²) in [6.45, 7) is 0.157. The molecule has 1 saturated carbocycles. The largest absolute Gasteiger partial charge is 0.353 e. The van der Waals surface area contributed by atoms with Crippen molar-refractivity contribution in [3.8, 4) is 0 Å². The summed E-state index contributed by atoms with van der Waals surface area (Å²) in [4.78, 5) is 37.0. The zero-order valence-electron chi connectivity index (χ0n) is 16.3. The number of aromatic amines is 1. The highest BCUT2D eigenvalue weighted by Crippen LogP contribution is 2.32. The average molecular weight is 391 g/mol. The van der Waals surface area contributed by atoms with Crippen LogP contribution in [-0.4, -0.2) is 21.7 Å². The van der Waals surface area contributed by atoms with Gasteiger partial charge in [0.25, 0.3) is 11.1 Å². The van der Waals surface area contributed by atoms with Crippen molar-refractivity contribution in [3.63, 3.8) is 0 Å². The Morgan fingerprint density at radius 3 is 2.31 bits per heavy atom. The Bertz CT molecular complexity index is 1110. The Labute approximate surface area is 168 Å². The molecule has 1 aliphatic carbocycles. The number of H-pyrrole nitrogens is 1. The van der Waals surface area contributed by atoms with Crippen molar-refractivity contribution in [2.45, 2.75) is 50.6 Å². The maximum Gasteiger partial charge on any atom is 0.273 e. The van der Waals surface area contributed by atoms with Crippen LogP contribution in [-0.2, 0) is 11.3 Å². The number of aromatic nitrogens is 2. The lowest BCUT2D eigenvalue weighted by Crippen LogP contribution is -2.38. The summed E-state index contributed by atoms with van der Waals surface area (Å²) in [7, 11) is 0. The van der Waals surface area contributed by atoms with Crippen LogP contribution < -0.4 is 16.4 Å². The third kappa shape index (κ3) is 4.31. The maximum atomic E-state index is 12.5. The molecule has 4 rings (SSSR count). The topological polar surface area (TPSA) is 84.0 Å². The van der Waals surface area contributed by atoms with E-state index in [0.29, 0.717) is 16.7 Å². The fourth-order valence-electron chi connectivity index (χ4n) is 4.21. The van der Waals surface area contributed by atoms with Crippen molar-refractivity contribution in [1.82, 2.24) is 15.1 Å². The molecule has 1 fully saturated rings. The van der Waals surface area contributed by atoms with E-state index in [2.05, 4.69) is 34.7 Å². The van der Waals surface area contributed by atoms with Gasteiger partial charge in [0.15, 0.2) is 0 Å². The third-order valence-electron chi connectivity index (χ3n) is 5.81. The molecule has 1 aromatic heterocycles. The van der Waals surface area contributed by atoms with Gasteiger partial charge in [-0.05, 0) is 49.3 Å². The lowest BCUT2D eigenvalue weighted by molar-refractivity contribution is -0.122. The molecule has 29 heavy (non-hydrogen) atoms. The number of amides is 1. The van der Waals surface area contributed by atoms with E-state index in [-0.39, 0.29) is 36.0 Å². The van der Waals surface area contributed by atoms with Gasteiger partial charge in [0.05, 0.1) is 17.3 Å². The van der Waals surface area contributed by atoms with Crippen LogP contribution in [0.3, 0.4) is 0 Å². The van der Waals surface area contributed by atoms with Gasteiger partial charge in [-0.1, -0.05) is 42.5 Å². The van der Waals surface area contributed by atoms with Crippen LogP contribution in [0.25, 0.3) is 10.8 Å². The van der Waals surface area contributed by atoms with Gasteiger partial charge in [0, 0.05) is 12.5 Å². The van der Waals surface area contributed by atoms with E-state index in [1.807, 2.05) is 6.07 Å². The highest BCUT2D eigenvalue weighted by molar-refractivity contribution is 5.80. The van der Waals surface area contributed by atoms with Gasteiger partial charge in [-0.25, -0.2) is 4.68 Å². The molecule has 6 heteroatoms. The number of aryl methyl sites for hydroxylation is 1. The van der Waals surface area contributed by atoms with Crippen LogP contribution in [0.5, 0.6) is 0 Å². The second-order valence-electron chi connectivity index (χ2n) is 7.72. The van der Waals surface area contributed by atoms with Gasteiger partial charge in [0.1, 0.15) is 0 Å². The van der Waals surface area contributed by atoms with Gasteiger partial charge in [-0.2, -0.15) is 0 Å². The Balaban J connectivity index is 1.32. The summed E-state index contributed by atoms with van der Waals surface area (Å²) in [5.41, 5.74) is 0.771. The van der Waals surface area contributed by atoms with Crippen LogP contribution in [0.4, 0.5) is 0 Å². The fraction of sp³-hybridized carbons (Fsp3) is 0.348. The number of rotatable bonds is 5. The molecule has 0 atom stereocenters. The van der Waals surface area contributed by atoms with E-state index >= 15 is 0 Å². The molecular formula is C23H25N3O3. The second kappa shape index (κ2) is 8.47. The van der Waals surface area contributed by atoms with Crippen molar-refractivity contribution in [2.24, 2.45) is 0 Å². The Morgan fingerprint density at radius 1 is 0.931 bits per heavy atom. The van der Waals surface area contributed by atoms with Crippen LogP contribution >= 0.6 is 0 Å². The van der Waals surface area contributed by atoms with E-state index in [4.69, 9.17) is 0 Å². The summed E-state index contributed by atoms with van der Waals surface area (Å²) in [5, 5.41) is 6.40. The van der Waals surface area contributed by atoms with E-state index in [9.17, 15) is 14.4 Å². The zero-order valence-corrected chi connectivity index (χ0v) is 16.3. The minimum atomic E-state index is -0.320. The molecule has 0 unspecified atom stereocenters. The van der Waals surface area contributed by atoms with Crippen LogP contribution in [0.1, 0.15) is 43.6 Å². The zero-order chi connectivity index (χ0) is 20.2.